The summed E-state index contributed by atoms with van der Waals surface area (Å²) < 4.78 is 9.67. The lowest BCUT2D eigenvalue weighted by atomic mass is 9.99. The highest BCUT2D eigenvalue weighted by atomic mass is 16.5. The van der Waals surface area contributed by atoms with Crippen molar-refractivity contribution >= 4 is 17.7 Å². The van der Waals surface area contributed by atoms with Crippen molar-refractivity contribution in [2.45, 2.75) is 25.2 Å². The third-order valence-electron chi connectivity index (χ3n) is 4.11. The number of nitrogens with two attached hydrogens (primary N) is 1. The summed E-state index contributed by atoms with van der Waals surface area (Å²) in [5, 5.41) is 22.9. The summed E-state index contributed by atoms with van der Waals surface area (Å²) in [6.07, 6.45) is -2.88. The molecule has 2 aromatic carbocycles. The number of benzene rings is 2. The number of nitrogens with one attached hydrogen (secondary N) is 1. The smallest absolute Gasteiger partial charge is 0.407 e. The number of esters is 1. The molecule has 28 heavy (non-hydrogen) atoms. The average Bonchev–Trinajstić information content (AvgIpc) is 2.71. The molecular formula is C20H24N2O6. The van der Waals surface area contributed by atoms with Crippen molar-refractivity contribution < 1.29 is 29.3 Å². The molecule has 0 aliphatic heterocycles. The van der Waals surface area contributed by atoms with Gasteiger partial charge in [0, 0.05) is 12.2 Å². The minimum Gasteiger partial charge on any atom is -0.465 e. The molecule has 2 unspecified atom stereocenters. The SMILES string of the molecule is COC(=O)c1ccc(C(O)C(O)CCNC(=O)OCc2ccccc2)cc1N. The Balaban J connectivity index is 1.79. The van der Waals surface area contributed by atoms with E-state index in [0.717, 1.165) is 5.56 Å². The van der Waals surface area contributed by atoms with Gasteiger partial charge in [0.25, 0.3) is 0 Å². The number of carbonyl (C=O) groups excluding carboxylic acids is 2. The number of alkyl carbamates (subject to hydrolysis) is 1. The van der Waals surface area contributed by atoms with Gasteiger partial charge in [-0.05, 0) is 29.7 Å². The summed E-state index contributed by atoms with van der Waals surface area (Å²) in [4.78, 5) is 23.2. The maximum atomic E-state index is 11.7. The molecule has 2 atom stereocenters. The maximum absolute atomic E-state index is 11.7. The number of amides is 1. The molecule has 0 radical (unpaired) electrons. The van der Waals surface area contributed by atoms with Crippen molar-refractivity contribution in [1.82, 2.24) is 5.32 Å². The molecule has 0 aliphatic carbocycles. The summed E-state index contributed by atoms with van der Waals surface area (Å²) in [5.74, 6) is -0.586. The monoisotopic (exact) mass is 388 g/mol. The second kappa shape index (κ2) is 10.3. The van der Waals surface area contributed by atoms with Gasteiger partial charge >= 0.3 is 12.1 Å². The van der Waals surface area contributed by atoms with E-state index < -0.39 is 24.3 Å². The molecule has 0 bridgehead atoms. The third kappa shape index (κ3) is 5.97. The van der Waals surface area contributed by atoms with Gasteiger partial charge in [-0.25, -0.2) is 9.59 Å². The van der Waals surface area contributed by atoms with E-state index in [1.807, 2.05) is 30.3 Å². The number of nitrogen functional groups attached to an aromatic ring is 1. The Morgan fingerprint density at radius 3 is 2.50 bits per heavy atom. The molecule has 1 amide bonds. The highest BCUT2D eigenvalue weighted by molar-refractivity contribution is 5.95. The number of methoxy groups -OCH3 is 1. The van der Waals surface area contributed by atoms with Crippen LogP contribution in [0.15, 0.2) is 48.5 Å². The maximum Gasteiger partial charge on any atom is 0.407 e. The molecule has 2 aromatic rings. The van der Waals surface area contributed by atoms with Crippen LogP contribution in [0.1, 0.15) is 34.0 Å². The number of anilines is 1. The van der Waals surface area contributed by atoms with Gasteiger partial charge in [-0.1, -0.05) is 36.4 Å². The zero-order chi connectivity index (χ0) is 20.5. The Morgan fingerprint density at radius 1 is 1.14 bits per heavy atom. The van der Waals surface area contributed by atoms with Crippen LogP contribution in [0, 0.1) is 0 Å². The number of rotatable bonds is 8. The summed E-state index contributed by atoms with van der Waals surface area (Å²) in [5.41, 5.74) is 7.32. The van der Waals surface area contributed by atoms with Crippen LogP contribution in [0.4, 0.5) is 10.5 Å². The summed E-state index contributed by atoms with van der Waals surface area (Å²) in [7, 11) is 1.24. The molecule has 0 aromatic heterocycles. The highest BCUT2D eigenvalue weighted by Crippen LogP contribution is 2.23. The molecule has 8 heteroatoms. The normalized spacial score (nSPS) is 12.7. The Kier molecular flexibility index (Phi) is 7.79. The van der Waals surface area contributed by atoms with Crippen LogP contribution in [0.5, 0.6) is 0 Å². The first kappa shape index (κ1) is 21.2. The highest BCUT2D eigenvalue weighted by Gasteiger charge is 2.20. The fraction of sp³-hybridized carbons (Fsp3) is 0.300. The van der Waals surface area contributed by atoms with Gasteiger partial charge in [-0.15, -0.1) is 0 Å². The molecule has 150 valence electrons. The van der Waals surface area contributed by atoms with E-state index in [1.54, 1.807) is 0 Å². The van der Waals surface area contributed by atoms with Crippen molar-refractivity contribution in [3.05, 3.63) is 65.2 Å². The van der Waals surface area contributed by atoms with Gasteiger partial charge in [0.05, 0.1) is 18.8 Å². The number of hydrogen-bond donors (Lipinski definition) is 4. The molecule has 0 saturated carbocycles. The van der Waals surface area contributed by atoms with Crippen LogP contribution in [0.2, 0.25) is 0 Å². The minimum absolute atomic E-state index is 0.0975. The van der Waals surface area contributed by atoms with E-state index in [9.17, 15) is 19.8 Å². The van der Waals surface area contributed by atoms with E-state index >= 15 is 0 Å². The van der Waals surface area contributed by atoms with Crippen LogP contribution >= 0.6 is 0 Å². The number of aliphatic hydroxyl groups is 2. The number of carbonyl (C=O) groups is 2. The molecular weight excluding hydrogens is 364 g/mol. The van der Waals surface area contributed by atoms with Gasteiger partial charge in [0.15, 0.2) is 0 Å². The van der Waals surface area contributed by atoms with Crippen molar-refractivity contribution in [3.8, 4) is 0 Å². The Morgan fingerprint density at radius 2 is 1.86 bits per heavy atom. The van der Waals surface area contributed by atoms with Crippen molar-refractivity contribution in [1.29, 1.82) is 0 Å². The summed E-state index contributed by atoms with van der Waals surface area (Å²) >= 11 is 0. The molecule has 0 aliphatic rings. The third-order valence-corrected chi connectivity index (χ3v) is 4.11. The second-order valence-corrected chi connectivity index (χ2v) is 6.13. The standard InChI is InChI=1S/C20H24N2O6/c1-27-19(25)15-8-7-14(11-16(15)21)18(24)17(23)9-10-22-20(26)28-12-13-5-3-2-4-6-13/h2-8,11,17-18,23-24H,9-10,12,21H2,1H3,(H,22,26). The Labute approximate surface area is 162 Å². The predicted octanol–water partition coefficient (Wildman–Crippen LogP) is 1.77. The molecule has 2 rings (SSSR count). The minimum atomic E-state index is -1.23. The zero-order valence-corrected chi connectivity index (χ0v) is 15.5. The lowest BCUT2D eigenvalue weighted by Crippen LogP contribution is -2.29. The zero-order valence-electron chi connectivity index (χ0n) is 15.5. The number of aliphatic hydroxyl groups excluding tert-OH is 2. The lowest BCUT2D eigenvalue weighted by molar-refractivity contribution is 0.0136. The molecule has 0 fully saturated rings. The Hall–Kier alpha value is -3.10. The van der Waals surface area contributed by atoms with Crippen LogP contribution in [0.3, 0.4) is 0 Å². The first-order valence-corrected chi connectivity index (χ1v) is 8.70. The van der Waals surface area contributed by atoms with Crippen LogP contribution in [-0.2, 0) is 16.1 Å². The van der Waals surface area contributed by atoms with E-state index in [4.69, 9.17) is 10.5 Å². The van der Waals surface area contributed by atoms with E-state index in [-0.39, 0.29) is 30.8 Å². The van der Waals surface area contributed by atoms with Crippen molar-refractivity contribution in [2.24, 2.45) is 0 Å². The average molecular weight is 388 g/mol. The second-order valence-electron chi connectivity index (χ2n) is 6.13. The molecule has 5 N–H and O–H groups in total. The van der Waals surface area contributed by atoms with Gasteiger partial charge in [-0.3, -0.25) is 0 Å². The van der Waals surface area contributed by atoms with Crippen molar-refractivity contribution in [3.63, 3.8) is 0 Å². The van der Waals surface area contributed by atoms with E-state index in [0.29, 0.717) is 5.56 Å². The first-order chi connectivity index (χ1) is 13.4. The van der Waals surface area contributed by atoms with Gasteiger partial charge < -0.3 is 30.7 Å². The fourth-order valence-electron chi connectivity index (χ4n) is 2.54. The van der Waals surface area contributed by atoms with Gasteiger partial charge in [0.2, 0.25) is 0 Å². The summed E-state index contributed by atoms with van der Waals surface area (Å²) in [6, 6.07) is 13.5. The molecule has 0 heterocycles. The molecule has 8 nitrogen and oxygen atoms in total. The van der Waals surface area contributed by atoms with Crippen LogP contribution in [-0.4, -0.2) is 42.0 Å². The topological polar surface area (TPSA) is 131 Å². The number of ether oxygens (including phenoxy) is 2. The van der Waals surface area contributed by atoms with Crippen LogP contribution < -0.4 is 11.1 Å². The molecule has 0 saturated heterocycles. The van der Waals surface area contributed by atoms with E-state index in [1.165, 1.54) is 25.3 Å². The number of hydrogen-bond acceptors (Lipinski definition) is 7. The first-order valence-electron chi connectivity index (χ1n) is 8.70. The Bertz CT molecular complexity index is 797. The summed E-state index contributed by atoms with van der Waals surface area (Å²) in [6.45, 7) is 0.255. The fourth-order valence-corrected chi connectivity index (χ4v) is 2.54. The largest absolute Gasteiger partial charge is 0.465 e. The lowest BCUT2D eigenvalue weighted by Gasteiger charge is -2.19. The van der Waals surface area contributed by atoms with Gasteiger partial charge in [0.1, 0.15) is 12.7 Å². The van der Waals surface area contributed by atoms with Crippen molar-refractivity contribution in [2.75, 3.05) is 19.4 Å². The van der Waals surface area contributed by atoms with E-state index in [2.05, 4.69) is 10.1 Å². The quantitative estimate of drug-likeness (QED) is 0.400. The molecule has 0 spiro atoms. The predicted molar refractivity (Wildman–Crippen MR) is 102 cm³/mol. The van der Waals surface area contributed by atoms with Gasteiger partial charge in [-0.2, -0.15) is 0 Å². The van der Waals surface area contributed by atoms with Crippen LogP contribution in [0.25, 0.3) is 0 Å².